The van der Waals surface area contributed by atoms with Crippen LogP contribution in [-0.4, -0.2) is 23.9 Å². The summed E-state index contributed by atoms with van der Waals surface area (Å²) < 4.78 is 5.33. The van der Waals surface area contributed by atoms with E-state index in [2.05, 4.69) is 62.1 Å². The molecule has 1 aliphatic rings. The molecule has 0 radical (unpaired) electrons. The van der Waals surface area contributed by atoms with E-state index in [0.717, 1.165) is 29.5 Å². The number of hydrogen-bond acceptors (Lipinski definition) is 4. The van der Waals surface area contributed by atoms with Gasteiger partial charge in [0.2, 0.25) is 0 Å². The van der Waals surface area contributed by atoms with Gasteiger partial charge in [0.25, 0.3) is 0 Å². The highest BCUT2D eigenvalue weighted by Crippen LogP contribution is 2.40. The second-order valence-corrected chi connectivity index (χ2v) is 8.31. The number of ether oxygens (including phenoxy) is 1. The van der Waals surface area contributed by atoms with Crippen LogP contribution in [0.4, 0.5) is 5.69 Å². The lowest BCUT2D eigenvalue weighted by Crippen LogP contribution is -2.34. The van der Waals surface area contributed by atoms with Gasteiger partial charge in [-0.1, -0.05) is 50.0 Å². The lowest BCUT2D eigenvalue weighted by Gasteiger charge is -2.34. The molecule has 0 spiro atoms. The van der Waals surface area contributed by atoms with Gasteiger partial charge in [-0.2, -0.15) is 0 Å². The van der Waals surface area contributed by atoms with E-state index < -0.39 is 5.60 Å². The molecular formula is C26H31NO3. The number of hydrogen-bond donors (Lipinski definition) is 1. The highest BCUT2D eigenvalue weighted by Gasteiger charge is 2.31. The largest absolute Gasteiger partial charge is 0.381 e. The molecule has 1 aliphatic heterocycles. The van der Waals surface area contributed by atoms with Gasteiger partial charge in [0.15, 0.2) is 0 Å². The quantitative estimate of drug-likeness (QED) is 0.513. The van der Waals surface area contributed by atoms with Crippen molar-refractivity contribution in [2.45, 2.75) is 64.4 Å². The van der Waals surface area contributed by atoms with E-state index in [1.807, 2.05) is 19.1 Å². The van der Waals surface area contributed by atoms with Crippen LogP contribution in [0.3, 0.4) is 0 Å². The Bertz CT molecular complexity index is 974. The number of aliphatic hydroxyl groups is 1. The van der Waals surface area contributed by atoms with Crippen LogP contribution in [0.2, 0.25) is 0 Å². The Morgan fingerprint density at radius 2 is 1.63 bits per heavy atom. The van der Waals surface area contributed by atoms with Crippen LogP contribution >= 0.6 is 0 Å². The summed E-state index contributed by atoms with van der Waals surface area (Å²) >= 11 is 0. The molecule has 4 nitrogen and oxygen atoms in total. The zero-order chi connectivity index (χ0) is 21.8. The van der Waals surface area contributed by atoms with E-state index in [1.54, 1.807) is 0 Å². The molecule has 3 rings (SSSR count). The smallest absolute Gasteiger partial charge is 0.130 e. The lowest BCUT2D eigenvalue weighted by molar-refractivity contribution is -0.0261. The zero-order valence-electron chi connectivity index (χ0n) is 18.4. The van der Waals surface area contributed by atoms with Gasteiger partial charge in [-0.15, -0.1) is 4.91 Å². The fraction of sp³-hybridized carbons (Fsp3) is 0.462. The van der Waals surface area contributed by atoms with Crippen molar-refractivity contribution in [3.63, 3.8) is 0 Å². The van der Waals surface area contributed by atoms with Gasteiger partial charge >= 0.3 is 0 Å². The Labute approximate surface area is 179 Å². The van der Waals surface area contributed by atoms with Crippen LogP contribution in [0, 0.1) is 30.6 Å². The number of rotatable bonds is 5. The summed E-state index contributed by atoms with van der Waals surface area (Å²) in [4.78, 5) is 11.0. The van der Waals surface area contributed by atoms with Gasteiger partial charge in [-0.25, -0.2) is 0 Å². The molecular weight excluding hydrogens is 374 g/mol. The van der Waals surface area contributed by atoms with Gasteiger partial charge in [0, 0.05) is 23.8 Å². The Balaban J connectivity index is 1.98. The second kappa shape index (κ2) is 9.12. The van der Waals surface area contributed by atoms with Crippen molar-refractivity contribution < 1.29 is 9.84 Å². The van der Waals surface area contributed by atoms with Crippen molar-refractivity contribution in [3.05, 3.63) is 69.1 Å². The molecule has 0 aromatic heterocycles. The molecule has 0 amide bonds. The molecule has 1 N–H and O–H groups in total. The van der Waals surface area contributed by atoms with E-state index in [9.17, 15) is 10.0 Å². The zero-order valence-corrected chi connectivity index (χ0v) is 18.4. The molecule has 1 heterocycles. The maximum absolute atomic E-state index is 11.0. The van der Waals surface area contributed by atoms with E-state index in [0.29, 0.717) is 31.7 Å². The first-order chi connectivity index (χ1) is 14.4. The molecule has 1 saturated heterocycles. The third-order valence-electron chi connectivity index (χ3n) is 6.58. The number of nitroso groups, excluding NO2 is 1. The van der Waals surface area contributed by atoms with Gasteiger partial charge < -0.3 is 9.84 Å². The Hall–Kier alpha value is -2.48. The molecule has 0 saturated carbocycles. The highest BCUT2D eigenvalue weighted by atomic mass is 16.5. The third kappa shape index (κ3) is 4.33. The average molecular weight is 406 g/mol. The summed E-state index contributed by atoms with van der Waals surface area (Å²) in [6.45, 7) is 9.51. The minimum absolute atomic E-state index is 0.137. The second-order valence-electron chi connectivity index (χ2n) is 8.31. The number of nitrogens with zero attached hydrogens (tertiary/aromatic N) is 1. The van der Waals surface area contributed by atoms with Crippen molar-refractivity contribution in [1.82, 2.24) is 0 Å². The molecule has 30 heavy (non-hydrogen) atoms. The van der Waals surface area contributed by atoms with Crippen LogP contribution in [0.5, 0.6) is 0 Å². The van der Waals surface area contributed by atoms with Crippen LogP contribution < -0.4 is 0 Å². The van der Waals surface area contributed by atoms with E-state index in [1.165, 1.54) is 11.1 Å². The number of benzene rings is 2. The van der Waals surface area contributed by atoms with E-state index in [4.69, 9.17) is 4.74 Å². The Kier molecular flexibility index (Phi) is 6.75. The van der Waals surface area contributed by atoms with E-state index in [-0.39, 0.29) is 5.41 Å². The van der Waals surface area contributed by atoms with Crippen LogP contribution in [0.15, 0.2) is 41.6 Å². The molecule has 1 fully saturated rings. The van der Waals surface area contributed by atoms with Crippen molar-refractivity contribution in [1.29, 1.82) is 0 Å². The topological polar surface area (TPSA) is 58.9 Å². The van der Waals surface area contributed by atoms with Crippen molar-refractivity contribution >= 4 is 5.69 Å². The van der Waals surface area contributed by atoms with Gasteiger partial charge in [-0.05, 0) is 66.3 Å². The van der Waals surface area contributed by atoms with E-state index >= 15 is 0 Å². The molecule has 0 bridgehead atoms. The molecule has 4 heteroatoms. The first-order valence-corrected chi connectivity index (χ1v) is 10.8. The molecule has 0 unspecified atom stereocenters. The fourth-order valence-corrected chi connectivity index (χ4v) is 4.41. The van der Waals surface area contributed by atoms with Crippen LogP contribution in [0.1, 0.15) is 67.3 Å². The summed E-state index contributed by atoms with van der Waals surface area (Å²) in [5.41, 5.74) is 4.79. The maximum atomic E-state index is 11.0. The summed E-state index contributed by atoms with van der Waals surface area (Å²) in [5.74, 6) is 6.28. The monoisotopic (exact) mass is 405 g/mol. The summed E-state index contributed by atoms with van der Waals surface area (Å²) in [7, 11) is 0. The predicted molar refractivity (Wildman–Crippen MR) is 121 cm³/mol. The Morgan fingerprint density at radius 3 is 2.17 bits per heavy atom. The first kappa shape index (κ1) is 22.2. The molecule has 158 valence electrons. The highest BCUT2D eigenvalue weighted by molar-refractivity contribution is 5.53. The van der Waals surface area contributed by atoms with Crippen molar-refractivity contribution in [2.75, 3.05) is 13.2 Å². The SMILES string of the molecule is CCC(CC)(c1ccc(C#CC2(O)CCOCC2)c(C)c1)c1ccc(N=O)c(C)c1. The fourth-order valence-electron chi connectivity index (χ4n) is 4.41. The van der Waals surface area contributed by atoms with Crippen LogP contribution in [0.25, 0.3) is 0 Å². The van der Waals surface area contributed by atoms with Gasteiger partial charge in [0.05, 0.1) is 13.2 Å². The molecule has 0 aliphatic carbocycles. The molecule has 2 aromatic carbocycles. The number of aryl methyl sites for hydroxylation is 2. The summed E-state index contributed by atoms with van der Waals surface area (Å²) in [6, 6.07) is 12.4. The van der Waals surface area contributed by atoms with Crippen molar-refractivity contribution in [2.24, 2.45) is 5.18 Å². The third-order valence-corrected chi connectivity index (χ3v) is 6.58. The standard InChI is InChI=1S/C26H31NO3/c1-5-26(6-2,23-9-10-24(27-29)20(4)18-23)22-8-7-21(19(3)17-22)11-12-25(28)13-15-30-16-14-25/h7-10,17-18,28H,5-6,13-16H2,1-4H3. The average Bonchev–Trinajstić information content (AvgIpc) is 2.75. The molecule has 2 aromatic rings. The van der Waals surface area contributed by atoms with Crippen LogP contribution in [-0.2, 0) is 10.2 Å². The summed E-state index contributed by atoms with van der Waals surface area (Å²) in [6.07, 6.45) is 3.00. The predicted octanol–water partition coefficient (Wildman–Crippen LogP) is 5.70. The lowest BCUT2D eigenvalue weighted by atomic mass is 9.70. The first-order valence-electron chi connectivity index (χ1n) is 10.8. The minimum atomic E-state index is -0.953. The van der Waals surface area contributed by atoms with Gasteiger partial charge in [0.1, 0.15) is 11.3 Å². The maximum Gasteiger partial charge on any atom is 0.130 e. The normalized spacial score (nSPS) is 15.9. The van der Waals surface area contributed by atoms with Crippen molar-refractivity contribution in [3.8, 4) is 11.8 Å². The molecule has 0 atom stereocenters. The van der Waals surface area contributed by atoms with Gasteiger partial charge in [-0.3, -0.25) is 0 Å². The summed E-state index contributed by atoms with van der Waals surface area (Å²) in [5, 5.41) is 13.7. The Morgan fingerprint density at radius 1 is 1.03 bits per heavy atom. The minimum Gasteiger partial charge on any atom is -0.381 e.